The quantitative estimate of drug-likeness (QED) is 0.724. The van der Waals surface area contributed by atoms with Crippen molar-refractivity contribution in [1.82, 2.24) is 10.2 Å². The van der Waals surface area contributed by atoms with E-state index in [1.165, 1.54) is 19.3 Å². The van der Waals surface area contributed by atoms with Crippen LogP contribution in [0.4, 0.5) is 0 Å². The Morgan fingerprint density at radius 2 is 2.00 bits per heavy atom. The molecule has 0 aliphatic heterocycles. The average Bonchev–Trinajstić information content (AvgIpc) is 3.23. The first-order chi connectivity index (χ1) is 9.06. The van der Waals surface area contributed by atoms with Crippen LogP contribution in [0.1, 0.15) is 44.9 Å². The molecule has 1 amide bonds. The van der Waals surface area contributed by atoms with E-state index >= 15 is 0 Å². The molecule has 2 rings (SSSR count). The summed E-state index contributed by atoms with van der Waals surface area (Å²) in [4.78, 5) is 15.1. The van der Waals surface area contributed by atoms with Gasteiger partial charge in [-0.25, -0.2) is 0 Å². The topological polar surface area (TPSA) is 58.4 Å². The number of nitrogens with two attached hydrogens (primary N) is 1. The lowest BCUT2D eigenvalue weighted by molar-refractivity contribution is -0.128. The van der Waals surface area contributed by atoms with Gasteiger partial charge in [-0.3, -0.25) is 4.79 Å². The van der Waals surface area contributed by atoms with Crippen molar-refractivity contribution >= 4 is 23.1 Å². The van der Waals surface area contributed by atoms with Gasteiger partial charge in [-0.05, 0) is 32.7 Å². The highest BCUT2D eigenvalue weighted by Gasteiger charge is 2.42. The summed E-state index contributed by atoms with van der Waals surface area (Å²) in [6.07, 6.45) is 7.49. The van der Waals surface area contributed by atoms with Crippen molar-refractivity contribution < 1.29 is 4.79 Å². The van der Waals surface area contributed by atoms with Crippen molar-refractivity contribution in [2.24, 2.45) is 11.1 Å². The first-order valence-corrected chi connectivity index (χ1v) is 7.75. The van der Waals surface area contributed by atoms with E-state index in [0.717, 1.165) is 38.3 Å². The largest absolute Gasteiger partial charge is 0.392 e. The van der Waals surface area contributed by atoms with Gasteiger partial charge in [0.2, 0.25) is 5.91 Å². The minimum atomic E-state index is -0.578. The normalized spacial score (nSPS) is 22.2. The van der Waals surface area contributed by atoms with Crippen molar-refractivity contribution in [1.29, 1.82) is 0 Å². The van der Waals surface area contributed by atoms with E-state index < -0.39 is 5.41 Å². The number of nitrogens with one attached hydrogen (secondary N) is 1. The van der Waals surface area contributed by atoms with Gasteiger partial charge in [0, 0.05) is 19.1 Å². The maximum Gasteiger partial charge on any atom is 0.233 e. The maximum atomic E-state index is 12.4. The molecule has 0 aromatic heterocycles. The molecular weight excluding hydrogens is 258 g/mol. The number of hydrogen-bond acceptors (Lipinski definition) is 3. The number of thiocarbonyl (C=S) groups is 1. The molecule has 0 bridgehead atoms. The monoisotopic (exact) mass is 283 g/mol. The second-order valence-electron chi connectivity index (χ2n) is 5.97. The number of amides is 1. The number of rotatable bonds is 6. The van der Waals surface area contributed by atoms with E-state index in [4.69, 9.17) is 18.0 Å². The highest BCUT2D eigenvalue weighted by molar-refractivity contribution is 7.80. The summed E-state index contributed by atoms with van der Waals surface area (Å²) < 4.78 is 0. The predicted molar refractivity (Wildman–Crippen MR) is 81.0 cm³/mol. The standard InChI is InChI=1S/C14H25N3OS/c1-17(11-5-6-11)10-9-16-13(18)14(12(15)19)7-3-2-4-8-14/h11H,2-10H2,1H3,(H2,15,19)(H,16,18). The molecule has 2 aliphatic rings. The fourth-order valence-electron chi connectivity index (χ4n) is 2.95. The second kappa shape index (κ2) is 6.18. The van der Waals surface area contributed by atoms with Crippen LogP contribution in [0.3, 0.4) is 0 Å². The molecule has 0 saturated heterocycles. The zero-order valence-electron chi connectivity index (χ0n) is 11.8. The van der Waals surface area contributed by atoms with Crippen molar-refractivity contribution in [3.8, 4) is 0 Å². The van der Waals surface area contributed by atoms with Gasteiger partial charge in [0.15, 0.2) is 0 Å². The number of carbonyl (C=O) groups excluding carboxylic acids is 1. The van der Waals surface area contributed by atoms with E-state index in [1.54, 1.807) is 0 Å². The first-order valence-electron chi connectivity index (χ1n) is 7.35. The summed E-state index contributed by atoms with van der Waals surface area (Å²) in [7, 11) is 2.12. The predicted octanol–water partition coefficient (Wildman–Crippen LogP) is 1.43. The van der Waals surface area contributed by atoms with E-state index in [-0.39, 0.29) is 5.91 Å². The molecule has 0 heterocycles. The molecule has 3 N–H and O–H groups in total. The summed E-state index contributed by atoms with van der Waals surface area (Å²) in [5, 5.41) is 3.04. The van der Waals surface area contributed by atoms with E-state index in [0.29, 0.717) is 11.5 Å². The van der Waals surface area contributed by atoms with E-state index in [9.17, 15) is 4.79 Å². The first kappa shape index (κ1) is 14.7. The summed E-state index contributed by atoms with van der Waals surface area (Å²) in [5.74, 6) is 0.0453. The van der Waals surface area contributed by atoms with Gasteiger partial charge < -0.3 is 16.0 Å². The lowest BCUT2D eigenvalue weighted by atomic mass is 9.73. The molecular formula is C14H25N3OS. The minimum absolute atomic E-state index is 0.0453. The Labute approximate surface area is 121 Å². The van der Waals surface area contributed by atoms with Gasteiger partial charge in [0.25, 0.3) is 0 Å². The van der Waals surface area contributed by atoms with Gasteiger partial charge in [0.1, 0.15) is 0 Å². The number of carbonyl (C=O) groups is 1. The Bertz CT molecular complexity index is 349. The lowest BCUT2D eigenvalue weighted by Gasteiger charge is -2.35. The molecule has 5 heteroatoms. The van der Waals surface area contributed by atoms with E-state index in [2.05, 4.69) is 17.3 Å². The molecule has 0 aromatic carbocycles. The zero-order chi connectivity index (χ0) is 13.9. The van der Waals surface area contributed by atoms with Crippen LogP contribution < -0.4 is 11.1 Å². The van der Waals surface area contributed by atoms with Gasteiger partial charge in [-0.2, -0.15) is 0 Å². The van der Waals surface area contributed by atoms with Crippen LogP contribution in [-0.4, -0.2) is 42.0 Å². The number of nitrogens with zero attached hydrogens (tertiary/aromatic N) is 1. The summed E-state index contributed by atoms with van der Waals surface area (Å²) >= 11 is 5.16. The fraction of sp³-hybridized carbons (Fsp3) is 0.857. The minimum Gasteiger partial charge on any atom is -0.392 e. The van der Waals surface area contributed by atoms with Gasteiger partial charge >= 0.3 is 0 Å². The van der Waals surface area contributed by atoms with Crippen molar-refractivity contribution in [2.45, 2.75) is 51.0 Å². The van der Waals surface area contributed by atoms with Crippen molar-refractivity contribution in [2.75, 3.05) is 20.1 Å². The third-order valence-electron chi connectivity index (χ3n) is 4.53. The second-order valence-corrected chi connectivity index (χ2v) is 6.41. The molecule has 19 heavy (non-hydrogen) atoms. The Balaban J connectivity index is 1.83. The third kappa shape index (κ3) is 3.45. The van der Waals surface area contributed by atoms with Crippen LogP contribution >= 0.6 is 12.2 Å². The number of hydrogen-bond donors (Lipinski definition) is 2. The van der Waals surface area contributed by atoms with Crippen LogP contribution in [0.25, 0.3) is 0 Å². The van der Waals surface area contributed by atoms with Crippen molar-refractivity contribution in [3.05, 3.63) is 0 Å². The van der Waals surface area contributed by atoms with Crippen LogP contribution in [-0.2, 0) is 4.79 Å². The molecule has 4 nitrogen and oxygen atoms in total. The molecule has 0 unspecified atom stereocenters. The highest BCUT2D eigenvalue weighted by Crippen LogP contribution is 2.36. The molecule has 2 saturated carbocycles. The number of likely N-dealkylation sites (N-methyl/N-ethyl adjacent to an activating group) is 1. The lowest BCUT2D eigenvalue weighted by Crippen LogP contribution is -2.51. The Morgan fingerprint density at radius 1 is 1.37 bits per heavy atom. The van der Waals surface area contributed by atoms with Gasteiger partial charge in [0.05, 0.1) is 10.4 Å². The smallest absolute Gasteiger partial charge is 0.233 e. The Kier molecular flexibility index (Phi) is 4.79. The van der Waals surface area contributed by atoms with Gasteiger partial charge in [-0.1, -0.05) is 31.5 Å². The molecule has 2 aliphatic carbocycles. The maximum absolute atomic E-state index is 12.4. The van der Waals surface area contributed by atoms with Crippen LogP contribution in [0.15, 0.2) is 0 Å². The molecule has 0 spiro atoms. The van der Waals surface area contributed by atoms with Crippen LogP contribution in [0.2, 0.25) is 0 Å². The molecule has 0 radical (unpaired) electrons. The van der Waals surface area contributed by atoms with E-state index in [1.807, 2.05) is 0 Å². The molecule has 0 aromatic rings. The van der Waals surface area contributed by atoms with Gasteiger partial charge in [-0.15, -0.1) is 0 Å². The average molecular weight is 283 g/mol. The van der Waals surface area contributed by atoms with Crippen LogP contribution in [0, 0.1) is 5.41 Å². The Hall–Kier alpha value is -0.680. The van der Waals surface area contributed by atoms with Crippen LogP contribution in [0.5, 0.6) is 0 Å². The third-order valence-corrected chi connectivity index (χ3v) is 4.92. The van der Waals surface area contributed by atoms with Crippen molar-refractivity contribution in [3.63, 3.8) is 0 Å². The molecule has 2 fully saturated rings. The highest BCUT2D eigenvalue weighted by atomic mass is 32.1. The summed E-state index contributed by atoms with van der Waals surface area (Å²) in [6, 6.07) is 0.733. The SMILES string of the molecule is CN(CCNC(=O)C1(C(N)=S)CCCCC1)C1CC1. The molecule has 108 valence electrons. The molecule has 0 atom stereocenters. The summed E-state index contributed by atoms with van der Waals surface area (Å²) in [5.41, 5.74) is 5.28. The zero-order valence-corrected chi connectivity index (χ0v) is 12.6. The summed E-state index contributed by atoms with van der Waals surface area (Å²) in [6.45, 7) is 1.60. The fourth-order valence-corrected chi connectivity index (χ4v) is 3.25. The Morgan fingerprint density at radius 3 is 2.53 bits per heavy atom.